The van der Waals surface area contributed by atoms with Gasteiger partial charge < -0.3 is 0 Å². The highest BCUT2D eigenvalue weighted by Gasteiger charge is 2.42. The predicted octanol–water partition coefficient (Wildman–Crippen LogP) is 2.04. The van der Waals surface area contributed by atoms with E-state index in [0.29, 0.717) is 17.9 Å². The van der Waals surface area contributed by atoms with Crippen LogP contribution >= 0.6 is 0 Å². The lowest BCUT2D eigenvalue weighted by Gasteiger charge is -2.12. The monoisotopic (exact) mass is 214 g/mol. The highest BCUT2D eigenvalue weighted by molar-refractivity contribution is 5.27. The second-order valence-corrected chi connectivity index (χ2v) is 4.32. The van der Waals surface area contributed by atoms with E-state index in [-0.39, 0.29) is 0 Å². The van der Waals surface area contributed by atoms with Gasteiger partial charge in [-0.1, -0.05) is 30.3 Å². The van der Waals surface area contributed by atoms with E-state index in [1.807, 2.05) is 6.92 Å². The lowest BCUT2D eigenvalue weighted by atomic mass is 10.0. The summed E-state index contributed by atoms with van der Waals surface area (Å²) in [5.41, 5.74) is 4.32. The molecular weight excluding hydrogens is 196 g/mol. The third-order valence-electron chi connectivity index (χ3n) is 3.30. The zero-order valence-corrected chi connectivity index (χ0v) is 9.61. The lowest BCUT2D eigenvalue weighted by molar-refractivity contribution is 0.476. The van der Waals surface area contributed by atoms with Crippen molar-refractivity contribution < 1.29 is 0 Å². The Balaban J connectivity index is 1.96. The average Bonchev–Trinajstić information content (AvgIpc) is 3.12. The molecular formula is C14H18N2. The Hall–Kier alpha value is -1.30. The van der Waals surface area contributed by atoms with Gasteiger partial charge in [0.15, 0.2) is 0 Å². The van der Waals surface area contributed by atoms with E-state index >= 15 is 0 Å². The fourth-order valence-corrected chi connectivity index (χ4v) is 2.29. The Morgan fingerprint density at radius 1 is 1.44 bits per heavy atom. The lowest BCUT2D eigenvalue weighted by Crippen LogP contribution is -2.36. The molecule has 3 N–H and O–H groups in total. The molecule has 2 heteroatoms. The van der Waals surface area contributed by atoms with Crippen LogP contribution in [-0.4, -0.2) is 6.04 Å². The first kappa shape index (κ1) is 11.2. The van der Waals surface area contributed by atoms with E-state index in [1.165, 1.54) is 12.0 Å². The van der Waals surface area contributed by atoms with Gasteiger partial charge in [0.05, 0.1) is 0 Å². The zero-order valence-electron chi connectivity index (χ0n) is 9.61. The summed E-state index contributed by atoms with van der Waals surface area (Å²) in [6, 6.07) is 11.0. The predicted molar refractivity (Wildman–Crippen MR) is 66.5 cm³/mol. The van der Waals surface area contributed by atoms with Crippen molar-refractivity contribution in [3.05, 3.63) is 35.9 Å². The highest BCUT2D eigenvalue weighted by Crippen LogP contribution is 2.49. The molecule has 0 aliphatic heterocycles. The van der Waals surface area contributed by atoms with Crippen molar-refractivity contribution in [2.24, 2.45) is 11.8 Å². The molecule has 2 rings (SSSR count). The Labute approximate surface area is 97.2 Å². The number of rotatable bonds is 4. The summed E-state index contributed by atoms with van der Waals surface area (Å²) < 4.78 is 0. The first-order valence-corrected chi connectivity index (χ1v) is 5.77. The van der Waals surface area contributed by atoms with Crippen LogP contribution in [0.2, 0.25) is 0 Å². The molecule has 16 heavy (non-hydrogen) atoms. The molecule has 0 radical (unpaired) electrons. The van der Waals surface area contributed by atoms with Crippen molar-refractivity contribution in [2.45, 2.75) is 31.7 Å². The second-order valence-electron chi connectivity index (χ2n) is 4.32. The number of nitrogens with one attached hydrogen (secondary N) is 1. The summed E-state index contributed by atoms with van der Waals surface area (Å²) in [6.45, 7) is 1.87. The van der Waals surface area contributed by atoms with Gasteiger partial charge in [-0.2, -0.15) is 0 Å². The molecule has 1 fully saturated rings. The van der Waals surface area contributed by atoms with Crippen molar-refractivity contribution in [3.63, 3.8) is 0 Å². The minimum atomic E-state index is 0.331. The normalized spacial score (nSPS) is 24.4. The van der Waals surface area contributed by atoms with Crippen LogP contribution in [0.25, 0.3) is 0 Å². The maximum atomic E-state index is 5.58. The molecule has 2 nitrogen and oxygen atoms in total. The first-order chi connectivity index (χ1) is 7.86. The summed E-state index contributed by atoms with van der Waals surface area (Å²) >= 11 is 0. The summed E-state index contributed by atoms with van der Waals surface area (Å²) in [5.74, 6) is 12.9. The molecule has 1 saturated carbocycles. The van der Waals surface area contributed by atoms with Crippen LogP contribution in [0.4, 0.5) is 0 Å². The van der Waals surface area contributed by atoms with Crippen LogP contribution in [0.5, 0.6) is 0 Å². The minimum absolute atomic E-state index is 0.331. The molecule has 0 heterocycles. The van der Waals surface area contributed by atoms with Crippen molar-refractivity contribution >= 4 is 0 Å². The van der Waals surface area contributed by atoms with Gasteiger partial charge in [0.2, 0.25) is 0 Å². The number of hydrogen-bond acceptors (Lipinski definition) is 2. The highest BCUT2D eigenvalue weighted by atomic mass is 15.2. The minimum Gasteiger partial charge on any atom is -0.271 e. The number of nitrogens with two attached hydrogens (primary N) is 1. The van der Waals surface area contributed by atoms with Crippen LogP contribution in [0.1, 0.15) is 31.2 Å². The molecule has 0 spiro atoms. The summed E-state index contributed by atoms with van der Waals surface area (Å²) in [4.78, 5) is 0. The number of hydrogen-bond donors (Lipinski definition) is 2. The maximum Gasteiger partial charge on any atom is 0.0354 e. The van der Waals surface area contributed by atoms with E-state index in [0.717, 1.165) is 6.42 Å². The van der Waals surface area contributed by atoms with Crippen molar-refractivity contribution in [1.82, 2.24) is 5.43 Å². The van der Waals surface area contributed by atoms with E-state index in [9.17, 15) is 0 Å². The molecule has 1 aromatic rings. The SMILES string of the molecule is CC#CCC(NN)C1CC1c1ccccc1. The summed E-state index contributed by atoms with van der Waals surface area (Å²) in [6.07, 6.45) is 2.07. The van der Waals surface area contributed by atoms with Crippen molar-refractivity contribution in [2.75, 3.05) is 0 Å². The van der Waals surface area contributed by atoms with Gasteiger partial charge in [0, 0.05) is 12.5 Å². The standard InChI is InChI=1S/C14H18N2/c1-2-3-9-14(16-15)13-10-12(13)11-7-5-4-6-8-11/h4-8,12-14,16H,9-10,15H2,1H3. The smallest absolute Gasteiger partial charge is 0.0354 e. The third kappa shape index (κ3) is 2.44. The first-order valence-electron chi connectivity index (χ1n) is 5.77. The van der Waals surface area contributed by atoms with Crippen molar-refractivity contribution in [3.8, 4) is 11.8 Å². The molecule has 1 aliphatic rings. The van der Waals surface area contributed by atoms with Gasteiger partial charge >= 0.3 is 0 Å². The van der Waals surface area contributed by atoms with Crippen LogP contribution in [0, 0.1) is 17.8 Å². The quantitative estimate of drug-likeness (QED) is 0.457. The summed E-state index contributed by atoms with van der Waals surface area (Å²) in [7, 11) is 0. The van der Waals surface area contributed by atoms with Crippen molar-refractivity contribution in [1.29, 1.82) is 0 Å². The van der Waals surface area contributed by atoms with Crippen LogP contribution in [-0.2, 0) is 0 Å². The molecule has 0 amide bonds. The molecule has 3 unspecified atom stereocenters. The number of hydrazine groups is 1. The maximum absolute atomic E-state index is 5.58. The van der Waals surface area contributed by atoms with Crippen LogP contribution in [0.15, 0.2) is 30.3 Å². The van der Waals surface area contributed by atoms with Gasteiger partial charge in [-0.15, -0.1) is 11.8 Å². The number of benzene rings is 1. The molecule has 1 aromatic carbocycles. The average molecular weight is 214 g/mol. The molecule has 0 saturated heterocycles. The molecule has 0 aromatic heterocycles. The van der Waals surface area contributed by atoms with Gasteiger partial charge in [-0.25, -0.2) is 0 Å². The van der Waals surface area contributed by atoms with Gasteiger partial charge in [-0.05, 0) is 30.7 Å². The van der Waals surface area contributed by atoms with E-state index in [1.54, 1.807) is 0 Å². The fraction of sp³-hybridized carbons (Fsp3) is 0.429. The fourth-order valence-electron chi connectivity index (χ4n) is 2.29. The molecule has 3 atom stereocenters. The van der Waals surface area contributed by atoms with E-state index < -0.39 is 0 Å². The largest absolute Gasteiger partial charge is 0.271 e. The zero-order chi connectivity index (χ0) is 11.4. The van der Waals surface area contributed by atoms with E-state index in [4.69, 9.17) is 5.84 Å². The Morgan fingerprint density at radius 3 is 2.81 bits per heavy atom. The summed E-state index contributed by atoms with van der Waals surface area (Å²) in [5, 5.41) is 0. The van der Waals surface area contributed by atoms with Crippen LogP contribution in [0.3, 0.4) is 0 Å². The Bertz CT molecular complexity index is 388. The third-order valence-corrected chi connectivity index (χ3v) is 3.30. The Kier molecular flexibility index (Phi) is 3.61. The van der Waals surface area contributed by atoms with E-state index in [2.05, 4.69) is 47.6 Å². The molecule has 84 valence electrons. The topological polar surface area (TPSA) is 38.0 Å². The Morgan fingerprint density at radius 2 is 2.19 bits per heavy atom. The molecule has 1 aliphatic carbocycles. The second kappa shape index (κ2) is 5.16. The molecule has 0 bridgehead atoms. The van der Waals surface area contributed by atoms with Gasteiger partial charge in [-0.3, -0.25) is 11.3 Å². The van der Waals surface area contributed by atoms with Gasteiger partial charge in [0.25, 0.3) is 0 Å². The van der Waals surface area contributed by atoms with Crippen LogP contribution < -0.4 is 11.3 Å². The van der Waals surface area contributed by atoms with Gasteiger partial charge in [0.1, 0.15) is 0 Å².